The molecule has 0 N–H and O–H groups in total. The molecule has 0 spiro atoms. The number of rotatable bonds is 4. The van der Waals surface area contributed by atoms with E-state index in [1.807, 2.05) is 39.0 Å². The zero-order chi connectivity index (χ0) is 21.3. The van der Waals surface area contributed by atoms with Gasteiger partial charge in [0.25, 0.3) is 0 Å². The van der Waals surface area contributed by atoms with Crippen molar-refractivity contribution in [2.45, 2.75) is 71.3 Å². The van der Waals surface area contributed by atoms with Gasteiger partial charge in [-0.05, 0) is 46.0 Å². The lowest BCUT2D eigenvalue weighted by Gasteiger charge is -2.39. The van der Waals surface area contributed by atoms with Crippen LogP contribution in [0.3, 0.4) is 0 Å². The van der Waals surface area contributed by atoms with Gasteiger partial charge >= 0.3 is 0 Å². The molecule has 1 aliphatic carbocycles. The maximum Gasteiger partial charge on any atom is 0.226 e. The average Bonchev–Trinajstić information content (AvgIpc) is 3.11. The Labute approximate surface area is 178 Å². The molecule has 1 atom stereocenters. The van der Waals surface area contributed by atoms with E-state index in [2.05, 4.69) is 15.0 Å². The molecule has 1 amide bonds. The summed E-state index contributed by atoms with van der Waals surface area (Å²) in [6.07, 6.45) is 10.5. The topological polar surface area (TPSA) is 75.4 Å². The number of carbonyl (C=O) groups excluding carboxylic acids is 1. The van der Waals surface area contributed by atoms with Gasteiger partial charge in [-0.15, -0.1) is 0 Å². The Morgan fingerprint density at radius 2 is 1.83 bits per heavy atom. The lowest BCUT2D eigenvalue weighted by molar-refractivity contribution is -0.140. The van der Waals surface area contributed by atoms with Crippen molar-refractivity contribution < 1.29 is 9.32 Å². The Kier molecular flexibility index (Phi) is 6.06. The van der Waals surface area contributed by atoms with Crippen molar-refractivity contribution in [2.75, 3.05) is 25.5 Å². The zero-order valence-electron chi connectivity index (χ0n) is 18.6. The zero-order valence-corrected chi connectivity index (χ0v) is 18.6. The lowest BCUT2D eigenvalue weighted by Crippen LogP contribution is -2.43. The van der Waals surface area contributed by atoms with Gasteiger partial charge in [0, 0.05) is 38.3 Å². The number of nitrogens with zero attached hydrogens (tertiary/aromatic N) is 5. The van der Waals surface area contributed by atoms with E-state index in [0.29, 0.717) is 17.6 Å². The first-order valence-electron chi connectivity index (χ1n) is 11.3. The quantitative estimate of drug-likeness (QED) is 0.740. The molecule has 162 valence electrons. The van der Waals surface area contributed by atoms with E-state index in [1.54, 1.807) is 0 Å². The molecule has 4 rings (SSSR count). The minimum absolute atomic E-state index is 0.0466. The highest BCUT2D eigenvalue weighted by atomic mass is 16.5. The summed E-state index contributed by atoms with van der Waals surface area (Å²) in [5.41, 5.74) is 3.61. The number of piperidine rings is 1. The van der Waals surface area contributed by atoms with Crippen LogP contribution in [0.4, 0.5) is 5.95 Å². The molecule has 2 fully saturated rings. The van der Waals surface area contributed by atoms with Gasteiger partial charge in [-0.1, -0.05) is 24.4 Å². The van der Waals surface area contributed by atoms with Crippen LogP contribution in [-0.2, 0) is 4.79 Å². The van der Waals surface area contributed by atoms with Crippen molar-refractivity contribution in [3.05, 3.63) is 23.1 Å². The average molecular weight is 412 g/mol. The molecule has 2 aromatic heterocycles. The second-order valence-corrected chi connectivity index (χ2v) is 8.96. The maximum atomic E-state index is 13.5. The van der Waals surface area contributed by atoms with Gasteiger partial charge in [0.1, 0.15) is 0 Å². The van der Waals surface area contributed by atoms with Crippen LogP contribution < -0.4 is 4.90 Å². The SMILES string of the molecule is Cc1noc(-c2cnc(N(C)C)nc2C2CCCCN2C(=O)C2CCCCC2)c1C. The first kappa shape index (κ1) is 20.8. The molecule has 7 nitrogen and oxygen atoms in total. The van der Waals surface area contributed by atoms with Crippen LogP contribution in [0, 0.1) is 19.8 Å². The van der Waals surface area contributed by atoms with Crippen LogP contribution in [0.2, 0.25) is 0 Å². The summed E-state index contributed by atoms with van der Waals surface area (Å²) in [5.74, 6) is 1.83. The number of likely N-dealkylation sites (tertiary alicyclic amines) is 1. The smallest absolute Gasteiger partial charge is 0.226 e. The monoisotopic (exact) mass is 411 g/mol. The van der Waals surface area contributed by atoms with Gasteiger partial charge in [0.05, 0.1) is 23.0 Å². The third-order valence-electron chi connectivity index (χ3n) is 6.66. The van der Waals surface area contributed by atoms with E-state index in [9.17, 15) is 4.79 Å². The normalized spacial score (nSPS) is 20.4. The van der Waals surface area contributed by atoms with Gasteiger partial charge in [-0.2, -0.15) is 0 Å². The number of hydrogen-bond acceptors (Lipinski definition) is 6. The molecule has 0 bridgehead atoms. The third-order valence-corrected chi connectivity index (χ3v) is 6.66. The summed E-state index contributed by atoms with van der Waals surface area (Å²) in [7, 11) is 3.88. The Hall–Kier alpha value is -2.44. The number of hydrogen-bond donors (Lipinski definition) is 0. The minimum atomic E-state index is -0.0466. The van der Waals surface area contributed by atoms with Crippen molar-refractivity contribution in [3.63, 3.8) is 0 Å². The molecule has 0 radical (unpaired) electrons. The third kappa shape index (κ3) is 3.94. The van der Waals surface area contributed by atoms with E-state index in [4.69, 9.17) is 9.51 Å². The van der Waals surface area contributed by atoms with E-state index in [1.165, 1.54) is 6.42 Å². The van der Waals surface area contributed by atoms with Crippen molar-refractivity contribution >= 4 is 11.9 Å². The van der Waals surface area contributed by atoms with Crippen molar-refractivity contribution in [1.82, 2.24) is 20.0 Å². The van der Waals surface area contributed by atoms with Gasteiger partial charge in [-0.3, -0.25) is 4.79 Å². The molecular formula is C23H33N5O2. The Morgan fingerprint density at radius 3 is 2.50 bits per heavy atom. The Morgan fingerprint density at radius 1 is 1.10 bits per heavy atom. The summed E-state index contributed by atoms with van der Waals surface area (Å²) >= 11 is 0. The summed E-state index contributed by atoms with van der Waals surface area (Å²) in [6.45, 7) is 4.75. The number of carbonyl (C=O) groups is 1. The second kappa shape index (κ2) is 8.74. The van der Waals surface area contributed by atoms with Gasteiger partial charge < -0.3 is 14.3 Å². The standard InChI is InChI=1S/C23H33N5O2/c1-15-16(2)26-30-21(15)18-14-24-23(27(3)4)25-20(18)19-12-8-9-13-28(19)22(29)17-10-6-5-7-11-17/h14,17,19H,5-13H2,1-4H3. The van der Waals surface area contributed by atoms with Crippen LogP contribution in [0.1, 0.15) is 74.4 Å². The molecule has 3 heterocycles. The van der Waals surface area contributed by atoms with E-state index >= 15 is 0 Å². The fourth-order valence-corrected chi connectivity index (χ4v) is 4.76. The fraction of sp³-hybridized carbons (Fsp3) is 0.652. The molecule has 1 unspecified atom stereocenters. The highest BCUT2D eigenvalue weighted by Crippen LogP contribution is 2.39. The molecule has 2 aromatic rings. The minimum Gasteiger partial charge on any atom is -0.356 e. The van der Waals surface area contributed by atoms with Crippen molar-refractivity contribution in [3.8, 4) is 11.3 Å². The number of amides is 1. The predicted molar refractivity (Wildman–Crippen MR) is 116 cm³/mol. The van der Waals surface area contributed by atoms with Crippen LogP contribution in [0.15, 0.2) is 10.7 Å². The molecule has 1 aliphatic heterocycles. The summed E-state index contributed by atoms with van der Waals surface area (Å²) in [5, 5.41) is 4.14. The fourth-order valence-electron chi connectivity index (χ4n) is 4.76. The number of aromatic nitrogens is 3. The summed E-state index contributed by atoms with van der Waals surface area (Å²) in [4.78, 5) is 27.0. The van der Waals surface area contributed by atoms with Crippen LogP contribution in [0.25, 0.3) is 11.3 Å². The summed E-state index contributed by atoms with van der Waals surface area (Å²) < 4.78 is 5.68. The second-order valence-electron chi connectivity index (χ2n) is 8.96. The molecular weight excluding hydrogens is 378 g/mol. The van der Waals surface area contributed by atoms with Gasteiger partial charge in [0.2, 0.25) is 11.9 Å². The van der Waals surface area contributed by atoms with Gasteiger partial charge in [-0.25, -0.2) is 9.97 Å². The molecule has 7 heteroatoms. The largest absolute Gasteiger partial charge is 0.356 e. The molecule has 1 saturated heterocycles. The van der Waals surface area contributed by atoms with Crippen molar-refractivity contribution in [1.29, 1.82) is 0 Å². The predicted octanol–water partition coefficient (Wildman–Crippen LogP) is 4.45. The Balaban J connectivity index is 1.76. The highest BCUT2D eigenvalue weighted by Gasteiger charge is 2.36. The highest BCUT2D eigenvalue weighted by molar-refractivity contribution is 5.80. The molecule has 2 aliphatic rings. The van der Waals surface area contributed by atoms with E-state index in [-0.39, 0.29) is 12.0 Å². The van der Waals surface area contributed by atoms with Crippen LogP contribution >= 0.6 is 0 Å². The molecule has 1 saturated carbocycles. The Bertz CT molecular complexity index is 901. The first-order chi connectivity index (χ1) is 14.5. The summed E-state index contributed by atoms with van der Waals surface area (Å²) in [6, 6.07) is -0.0466. The maximum absolute atomic E-state index is 13.5. The number of anilines is 1. The van der Waals surface area contributed by atoms with Crippen LogP contribution in [-0.4, -0.2) is 46.6 Å². The van der Waals surface area contributed by atoms with Crippen molar-refractivity contribution in [2.24, 2.45) is 5.92 Å². The van der Waals surface area contributed by atoms with Gasteiger partial charge in [0.15, 0.2) is 5.76 Å². The molecule has 30 heavy (non-hydrogen) atoms. The first-order valence-corrected chi connectivity index (χ1v) is 11.3. The van der Waals surface area contributed by atoms with E-state index in [0.717, 1.165) is 74.0 Å². The number of aryl methyl sites for hydroxylation is 1. The lowest BCUT2D eigenvalue weighted by atomic mass is 9.86. The van der Waals surface area contributed by atoms with Crippen LogP contribution in [0.5, 0.6) is 0 Å². The molecule has 0 aromatic carbocycles. The van der Waals surface area contributed by atoms with E-state index < -0.39 is 0 Å².